The summed E-state index contributed by atoms with van der Waals surface area (Å²) in [6.07, 6.45) is 2.53. The first-order valence-electron chi connectivity index (χ1n) is 8.19. The second-order valence-electron chi connectivity index (χ2n) is 6.17. The van der Waals surface area contributed by atoms with Crippen LogP contribution in [0.3, 0.4) is 0 Å². The molecule has 1 amide bonds. The zero-order chi connectivity index (χ0) is 19.6. The smallest absolute Gasteiger partial charge is 0.339 e. The molecule has 0 radical (unpaired) electrons. The Morgan fingerprint density at radius 3 is 2.70 bits per heavy atom. The molecule has 0 unspecified atom stereocenters. The van der Waals surface area contributed by atoms with Gasteiger partial charge in [0.1, 0.15) is 11.3 Å². The summed E-state index contributed by atoms with van der Waals surface area (Å²) in [5.41, 5.74) is -0.504. The second kappa shape index (κ2) is 7.41. The summed E-state index contributed by atoms with van der Waals surface area (Å²) in [4.78, 5) is 24.7. The van der Waals surface area contributed by atoms with Crippen molar-refractivity contribution < 1.29 is 32.6 Å². The molecule has 27 heavy (non-hydrogen) atoms. The Bertz CT molecular complexity index is 954. The number of nitrogens with zero attached hydrogens (tertiary/aromatic N) is 1. The summed E-state index contributed by atoms with van der Waals surface area (Å²) in [5.74, 6) is -2.09. The van der Waals surface area contributed by atoms with E-state index in [4.69, 9.17) is 9.52 Å². The molecule has 0 aliphatic carbocycles. The van der Waals surface area contributed by atoms with Gasteiger partial charge in [0.2, 0.25) is 10.0 Å². The minimum atomic E-state index is -4.02. The van der Waals surface area contributed by atoms with Crippen molar-refractivity contribution in [1.29, 1.82) is 0 Å². The van der Waals surface area contributed by atoms with E-state index in [0.717, 1.165) is 18.2 Å². The van der Waals surface area contributed by atoms with E-state index >= 15 is 0 Å². The van der Waals surface area contributed by atoms with Crippen molar-refractivity contribution in [3.63, 3.8) is 0 Å². The lowest BCUT2D eigenvalue weighted by Gasteiger charge is -2.32. The first-order valence-corrected chi connectivity index (χ1v) is 9.67. The van der Waals surface area contributed by atoms with Gasteiger partial charge in [-0.25, -0.2) is 17.9 Å². The maximum absolute atomic E-state index is 12.6. The summed E-state index contributed by atoms with van der Waals surface area (Å²) in [6.45, 7) is 0.656. The number of carboxylic acids is 1. The number of likely N-dealkylation sites (tertiary alicyclic amines) is 1. The Morgan fingerprint density at radius 1 is 1.26 bits per heavy atom. The Morgan fingerprint density at radius 2 is 2.04 bits per heavy atom. The van der Waals surface area contributed by atoms with Gasteiger partial charge < -0.3 is 19.5 Å². The Labute approximate surface area is 155 Å². The summed E-state index contributed by atoms with van der Waals surface area (Å²) in [7, 11) is -4.02. The van der Waals surface area contributed by atoms with Crippen LogP contribution in [-0.2, 0) is 10.0 Å². The van der Waals surface area contributed by atoms with E-state index in [9.17, 15) is 23.1 Å². The average Bonchev–Trinajstić information content (AvgIpc) is 3.15. The molecule has 1 aliphatic heterocycles. The fourth-order valence-corrected chi connectivity index (χ4v) is 4.24. The van der Waals surface area contributed by atoms with Crippen molar-refractivity contribution in [3.05, 3.63) is 47.9 Å². The number of amides is 1. The van der Waals surface area contributed by atoms with Crippen molar-refractivity contribution >= 4 is 21.9 Å². The largest absolute Gasteiger partial charge is 0.507 e. The van der Waals surface area contributed by atoms with Crippen molar-refractivity contribution in [2.24, 2.45) is 0 Å². The molecular weight excluding hydrogens is 376 g/mol. The maximum atomic E-state index is 12.6. The van der Waals surface area contributed by atoms with Gasteiger partial charge in [0.05, 0.1) is 11.2 Å². The molecule has 0 saturated carbocycles. The molecule has 1 fully saturated rings. The molecule has 9 nitrogen and oxygen atoms in total. The number of phenols is 1. The number of carbonyl (C=O) groups is 2. The lowest BCUT2D eigenvalue weighted by atomic mass is 10.1. The molecule has 3 N–H and O–H groups in total. The van der Waals surface area contributed by atoms with E-state index in [1.165, 1.54) is 11.2 Å². The number of aromatic carboxylic acids is 1. The molecule has 3 rings (SSSR count). The second-order valence-corrected chi connectivity index (χ2v) is 7.89. The van der Waals surface area contributed by atoms with Crippen LogP contribution < -0.4 is 4.72 Å². The van der Waals surface area contributed by atoms with Gasteiger partial charge in [-0.1, -0.05) is 0 Å². The normalized spacial score (nSPS) is 17.6. The van der Waals surface area contributed by atoms with E-state index in [2.05, 4.69) is 4.72 Å². The number of carbonyl (C=O) groups excluding carboxylic acids is 1. The summed E-state index contributed by atoms with van der Waals surface area (Å²) in [6, 6.07) is 5.66. The fourth-order valence-electron chi connectivity index (χ4n) is 2.95. The van der Waals surface area contributed by atoms with E-state index in [1.807, 2.05) is 0 Å². The number of aromatic hydroxyl groups is 1. The van der Waals surface area contributed by atoms with Gasteiger partial charge in [0, 0.05) is 19.1 Å². The molecule has 0 spiro atoms. The predicted molar refractivity (Wildman–Crippen MR) is 93.0 cm³/mol. The van der Waals surface area contributed by atoms with Crippen LogP contribution >= 0.6 is 0 Å². The van der Waals surface area contributed by atoms with Crippen LogP contribution in [0, 0.1) is 0 Å². The number of hydrogen-bond donors (Lipinski definition) is 3. The van der Waals surface area contributed by atoms with E-state index < -0.39 is 33.3 Å². The number of benzene rings is 1. The molecule has 144 valence electrons. The highest BCUT2D eigenvalue weighted by molar-refractivity contribution is 7.89. The minimum absolute atomic E-state index is 0.169. The molecule has 1 atom stereocenters. The molecule has 1 aromatic carbocycles. The summed E-state index contributed by atoms with van der Waals surface area (Å²) in [5, 5.41) is 18.6. The van der Waals surface area contributed by atoms with Gasteiger partial charge in [-0.05, 0) is 43.2 Å². The zero-order valence-corrected chi connectivity index (χ0v) is 15.0. The van der Waals surface area contributed by atoms with Gasteiger partial charge in [-0.15, -0.1) is 0 Å². The molecule has 0 bridgehead atoms. The number of furan rings is 1. The quantitative estimate of drug-likeness (QED) is 0.694. The minimum Gasteiger partial charge on any atom is -0.507 e. The van der Waals surface area contributed by atoms with E-state index in [0.29, 0.717) is 19.4 Å². The predicted octanol–water partition coefficient (Wildman–Crippen LogP) is 1.27. The molecule has 10 heteroatoms. The van der Waals surface area contributed by atoms with Crippen LogP contribution in [0.2, 0.25) is 0 Å². The van der Waals surface area contributed by atoms with Crippen LogP contribution in [-0.4, -0.2) is 54.5 Å². The first-order chi connectivity index (χ1) is 12.8. The monoisotopic (exact) mass is 394 g/mol. The zero-order valence-electron chi connectivity index (χ0n) is 14.2. The van der Waals surface area contributed by atoms with Crippen LogP contribution in [0.5, 0.6) is 5.75 Å². The van der Waals surface area contributed by atoms with Crippen molar-refractivity contribution in [2.75, 3.05) is 13.1 Å². The number of nitrogens with one attached hydrogen (secondary N) is 1. The van der Waals surface area contributed by atoms with Crippen LogP contribution in [0.15, 0.2) is 45.9 Å². The van der Waals surface area contributed by atoms with Gasteiger partial charge in [-0.3, -0.25) is 4.79 Å². The number of carboxylic acid groups (broad SMARTS) is 1. The number of piperidine rings is 1. The Hall–Kier alpha value is -2.85. The standard InChI is InChI=1S/C17H18N2O7S/c20-14-6-5-12(9-13(14)17(22)23)27(24,25)18-11-3-1-7-19(10-11)16(21)15-4-2-8-26-15/h2,4-6,8-9,11,18,20H,1,3,7,10H2,(H,22,23)/t11-/m1/s1. The van der Waals surface area contributed by atoms with Crippen molar-refractivity contribution in [1.82, 2.24) is 9.62 Å². The third-order valence-corrected chi connectivity index (χ3v) is 5.79. The Balaban J connectivity index is 1.75. The number of hydrogen-bond acceptors (Lipinski definition) is 6. The van der Waals surface area contributed by atoms with Gasteiger partial charge in [-0.2, -0.15) is 0 Å². The average molecular weight is 394 g/mol. The highest BCUT2D eigenvalue weighted by atomic mass is 32.2. The van der Waals surface area contributed by atoms with Crippen LogP contribution in [0.25, 0.3) is 0 Å². The molecule has 2 aromatic rings. The fraction of sp³-hybridized carbons (Fsp3) is 0.294. The maximum Gasteiger partial charge on any atom is 0.339 e. The SMILES string of the molecule is O=C(O)c1cc(S(=O)(=O)N[C@@H]2CCCN(C(=O)c3ccco3)C2)ccc1O. The highest BCUT2D eigenvalue weighted by Gasteiger charge is 2.29. The Kier molecular flexibility index (Phi) is 5.19. The number of rotatable bonds is 5. The lowest BCUT2D eigenvalue weighted by molar-refractivity contribution is 0.0668. The molecule has 1 aliphatic rings. The third kappa shape index (κ3) is 4.12. The number of sulfonamides is 1. The van der Waals surface area contributed by atoms with Crippen molar-refractivity contribution in [2.45, 2.75) is 23.8 Å². The van der Waals surface area contributed by atoms with Crippen molar-refractivity contribution in [3.8, 4) is 5.75 Å². The summed E-state index contributed by atoms with van der Waals surface area (Å²) < 4.78 is 32.8. The van der Waals surface area contributed by atoms with Gasteiger partial charge in [0.15, 0.2) is 5.76 Å². The molecule has 1 saturated heterocycles. The highest BCUT2D eigenvalue weighted by Crippen LogP contribution is 2.22. The van der Waals surface area contributed by atoms with Gasteiger partial charge in [0.25, 0.3) is 5.91 Å². The summed E-state index contributed by atoms with van der Waals surface area (Å²) >= 11 is 0. The van der Waals surface area contributed by atoms with Crippen LogP contribution in [0.1, 0.15) is 33.8 Å². The first kappa shape index (κ1) is 18.9. The molecular formula is C17H18N2O7S. The van der Waals surface area contributed by atoms with E-state index in [-0.39, 0.29) is 23.1 Å². The van der Waals surface area contributed by atoms with Gasteiger partial charge >= 0.3 is 5.97 Å². The van der Waals surface area contributed by atoms with E-state index in [1.54, 1.807) is 12.1 Å². The third-order valence-electron chi connectivity index (χ3n) is 4.27. The lowest BCUT2D eigenvalue weighted by Crippen LogP contribution is -2.49. The van der Waals surface area contributed by atoms with Crippen LogP contribution in [0.4, 0.5) is 0 Å². The molecule has 1 aromatic heterocycles. The molecule has 2 heterocycles. The topological polar surface area (TPSA) is 137 Å².